The second kappa shape index (κ2) is 8.19. The van der Waals surface area contributed by atoms with Crippen molar-refractivity contribution in [1.29, 1.82) is 0 Å². The van der Waals surface area contributed by atoms with E-state index in [2.05, 4.69) is 26.1 Å². The maximum Gasteiger partial charge on any atom is 0.410 e. The van der Waals surface area contributed by atoms with Gasteiger partial charge in [-0.25, -0.2) is 4.79 Å². The van der Waals surface area contributed by atoms with E-state index >= 15 is 0 Å². The molecule has 1 heterocycles. The van der Waals surface area contributed by atoms with Gasteiger partial charge in [0.15, 0.2) is 0 Å². The first kappa shape index (κ1) is 19.3. The average Bonchev–Trinajstić information content (AvgIpc) is 2.42. The number of likely N-dealkylation sites (tertiary alicyclic amines) is 1. The van der Waals surface area contributed by atoms with Crippen LogP contribution in [0.2, 0.25) is 0 Å². The monoisotopic (exact) mass is 312 g/mol. The number of carbonyl (C=O) groups excluding carboxylic acids is 1. The van der Waals surface area contributed by atoms with Crippen LogP contribution in [0, 0.1) is 11.3 Å². The average molecular weight is 312 g/mol. The zero-order chi connectivity index (χ0) is 16.8. The lowest BCUT2D eigenvalue weighted by molar-refractivity contribution is 0.00670. The SMILES string of the molecule is CCC(CC)CNCC1(C)CCCN(C(=O)OC(C)(C)C)C1. The summed E-state index contributed by atoms with van der Waals surface area (Å²) in [5, 5.41) is 3.63. The molecule has 1 fully saturated rings. The van der Waals surface area contributed by atoms with Gasteiger partial charge in [-0.15, -0.1) is 0 Å². The van der Waals surface area contributed by atoms with E-state index in [0.29, 0.717) is 0 Å². The number of ether oxygens (including phenoxy) is 1. The lowest BCUT2D eigenvalue weighted by atomic mass is 9.82. The van der Waals surface area contributed by atoms with Crippen LogP contribution in [-0.2, 0) is 4.74 Å². The molecular formula is C18H36N2O2. The molecule has 1 aliphatic rings. The maximum absolute atomic E-state index is 12.3. The van der Waals surface area contributed by atoms with Crippen LogP contribution in [0.1, 0.15) is 67.2 Å². The van der Waals surface area contributed by atoms with Crippen molar-refractivity contribution < 1.29 is 9.53 Å². The molecule has 22 heavy (non-hydrogen) atoms. The molecule has 0 spiro atoms. The highest BCUT2D eigenvalue weighted by atomic mass is 16.6. The first-order valence-corrected chi connectivity index (χ1v) is 8.88. The Hall–Kier alpha value is -0.770. The van der Waals surface area contributed by atoms with Crippen LogP contribution in [0.15, 0.2) is 0 Å². The number of piperidine rings is 1. The summed E-state index contributed by atoms with van der Waals surface area (Å²) in [6, 6.07) is 0. The second-order valence-electron chi connectivity index (χ2n) is 8.13. The third kappa shape index (κ3) is 6.55. The van der Waals surface area contributed by atoms with Crippen LogP contribution in [0.3, 0.4) is 0 Å². The lowest BCUT2D eigenvalue weighted by Crippen LogP contribution is -2.50. The highest BCUT2D eigenvalue weighted by Gasteiger charge is 2.34. The van der Waals surface area contributed by atoms with Crippen molar-refractivity contribution in [3.63, 3.8) is 0 Å². The van der Waals surface area contributed by atoms with Crippen molar-refractivity contribution >= 4 is 6.09 Å². The van der Waals surface area contributed by atoms with Crippen molar-refractivity contribution in [2.24, 2.45) is 11.3 Å². The maximum atomic E-state index is 12.3. The molecule has 130 valence electrons. The van der Waals surface area contributed by atoms with E-state index in [0.717, 1.165) is 38.5 Å². The summed E-state index contributed by atoms with van der Waals surface area (Å²) in [6.07, 6.45) is 4.51. The summed E-state index contributed by atoms with van der Waals surface area (Å²) >= 11 is 0. The Kier molecular flexibility index (Phi) is 7.17. The molecule has 0 aliphatic carbocycles. The van der Waals surface area contributed by atoms with E-state index in [9.17, 15) is 4.79 Å². The lowest BCUT2D eigenvalue weighted by Gasteiger charge is -2.41. The number of amides is 1. The van der Waals surface area contributed by atoms with Crippen molar-refractivity contribution in [2.75, 3.05) is 26.2 Å². The van der Waals surface area contributed by atoms with Crippen molar-refractivity contribution in [3.8, 4) is 0 Å². The third-order valence-corrected chi connectivity index (χ3v) is 4.57. The Balaban J connectivity index is 2.48. The van der Waals surface area contributed by atoms with E-state index in [-0.39, 0.29) is 11.5 Å². The quantitative estimate of drug-likeness (QED) is 0.804. The third-order valence-electron chi connectivity index (χ3n) is 4.57. The minimum absolute atomic E-state index is 0.154. The summed E-state index contributed by atoms with van der Waals surface area (Å²) in [5.74, 6) is 0.758. The van der Waals surface area contributed by atoms with Crippen LogP contribution >= 0.6 is 0 Å². The molecule has 4 nitrogen and oxygen atoms in total. The van der Waals surface area contributed by atoms with E-state index in [1.54, 1.807) is 0 Å². The van der Waals surface area contributed by atoms with Gasteiger partial charge < -0.3 is 15.0 Å². The van der Waals surface area contributed by atoms with Gasteiger partial charge in [-0.05, 0) is 51.5 Å². The summed E-state index contributed by atoms with van der Waals surface area (Å²) in [6.45, 7) is 16.2. The van der Waals surface area contributed by atoms with Gasteiger partial charge in [0.1, 0.15) is 5.60 Å². The van der Waals surface area contributed by atoms with Crippen molar-refractivity contribution in [1.82, 2.24) is 10.2 Å². The molecule has 1 aliphatic heterocycles. The van der Waals surface area contributed by atoms with E-state index < -0.39 is 5.60 Å². The summed E-state index contributed by atoms with van der Waals surface area (Å²) in [7, 11) is 0. The standard InChI is InChI=1S/C18H36N2O2/c1-7-15(8-2)12-19-13-18(6)10-9-11-20(14-18)16(21)22-17(3,4)5/h15,19H,7-14H2,1-6H3. The van der Waals surface area contributed by atoms with Gasteiger partial charge in [0, 0.05) is 19.6 Å². The molecule has 0 saturated carbocycles. The van der Waals surface area contributed by atoms with Crippen LogP contribution < -0.4 is 5.32 Å². The molecular weight excluding hydrogens is 276 g/mol. The molecule has 0 aromatic carbocycles. The Morgan fingerprint density at radius 1 is 1.32 bits per heavy atom. The molecule has 4 heteroatoms. The Labute approximate surface area is 137 Å². The van der Waals surface area contributed by atoms with Crippen molar-refractivity contribution in [2.45, 2.75) is 72.8 Å². The summed E-state index contributed by atoms with van der Waals surface area (Å²) in [5.41, 5.74) is -0.264. The molecule has 0 bridgehead atoms. The van der Waals surface area contributed by atoms with E-state index in [1.165, 1.54) is 19.3 Å². The van der Waals surface area contributed by atoms with Gasteiger partial charge in [-0.3, -0.25) is 0 Å². The zero-order valence-electron chi connectivity index (χ0n) is 15.5. The van der Waals surface area contributed by atoms with E-state index in [1.807, 2.05) is 25.7 Å². The molecule has 1 rings (SSSR count). The Morgan fingerprint density at radius 3 is 2.50 bits per heavy atom. The highest BCUT2D eigenvalue weighted by Crippen LogP contribution is 2.29. The van der Waals surface area contributed by atoms with Crippen LogP contribution in [0.5, 0.6) is 0 Å². The Morgan fingerprint density at radius 2 is 1.95 bits per heavy atom. The van der Waals surface area contributed by atoms with E-state index in [4.69, 9.17) is 4.74 Å². The topological polar surface area (TPSA) is 41.6 Å². The normalized spacial score (nSPS) is 23.0. The fourth-order valence-corrected chi connectivity index (χ4v) is 3.10. The molecule has 1 atom stereocenters. The van der Waals surface area contributed by atoms with Gasteiger partial charge in [0.05, 0.1) is 0 Å². The fraction of sp³-hybridized carbons (Fsp3) is 0.944. The number of nitrogens with zero attached hydrogens (tertiary/aromatic N) is 1. The molecule has 1 N–H and O–H groups in total. The van der Waals surface area contributed by atoms with Gasteiger partial charge in [-0.2, -0.15) is 0 Å². The van der Waals surface area contributed by atoms with Gasteiger partial charge in [0.25, 0.3) is 0 Å². The number of hydrogen-bond donors (Lipinski definition) is 1. The molecule has 0 aromatic heterocycles. The predicted molar refractivity (Wildman–Crippen MR) is 92.1 cm³/mol. The Bertz CT molecular complexity index is 347. The van der Waals surface area contributed by atoms with Crippen LogP contribution in [0.4, 0.5) is 4.79 Å². The summed E-state index contributed by atoms with van der Waals surface area (Å²) in [4.78, 5) is 14.1. The van der Waals surface area contributed by atoms with Gasteiger partial charge in [-0.1, -0.05) is 33.6 Å². The number of rotatable bonds is 6. The number of carbonyl (C=O) groups is 1. The minimum atomic E-state index is -0.418. The smallest absolute Gasteiger partial charge is 0.410 e. The molecule has 1 amide bonds. The first-order valence-electron chi connectivity index (χ1n) is 8.88. The molecule has 1 saturated heterocycles. The predicted octanol–water partition coefficient (Wildman–Crippen LogP) is 4.05. The minimum Gasteiger partial charge on any atom is -0.444 e. The number of nitrogens with one attached hydrogen (secondary N) is 1. The van der Waals surface area contributed by atoms with Crippen LogP contribution in [0.25, 0.3) is 0 Å². The molecule has 0 aromatic rings. The number of hydrogen-bond acceptors (Lipinski definition) is 3. The largest absolute Gasteiger partial charge is 0.444 e. The molecule has 0 radical (unpaired) electrons. The zero-order valence-corrected chi connectivity index (χ0v) is 15.5. The first-order chi connectivity index (χ1) is 10.2. The van der Waals surface area contributed by atoms with Crippen molar-refractivity contribution in [3.05, 3.63) is 0 Å². The van der Waals surface area contributed by atoms with Crippen LogP contribution in [-0.4, -0.2) is 42.8 Å². The second-order valence-corrected chi connectivity index (χ2v) is 8.13. The molecule has 1 unspecified atom stereocenters. The van der Waals surface area contributed by atoms with Gasteiger partial charge >= 0.3 is 6.09 Å². The van der Waals surface area contributed by atoms with Gasteiger partial charge in [0.2, 0.25) is 0 Å². The summed E-state index contributed by atoms with van der Waals surface area (Å²) < 4.78 is 5.51. The fourth-order valence-electron chi connectivity index (χ4n) is 3.10. The highest BCUT2D eigenvalue weighted by molar-refractivity contribution is 5.68.